The van der Waals surface area contributed by atoms with E-state index in [-0.39, 0.29) is 11.8 Å². The lowest BCUT2D eigenvalue weighted by Crippen LogP contribution is -2.22. The van der Waals surface area contributed by atoms with Crippen molar-refractivity contribution in [3.8, 4) is 5.69 Å². The molecular formula is C27H26N8O2. The van der Waals surface area contributed by atoms with Crippen molar-refractivity contribution in [2.75, 3.05) is 17.2 Å². The van der Waals surface area contributed by atoms with E-state index in [2.05, 4.69) is 31.0 Å². The minimum absolute atomic E-state index is 0.158. The molecule has 10 heteroatoms. The topological polar surface area (TPSA) is 118 Å². The predicted molar refractivity (Wildman–Crippen MR) is 142 cm³/mol. The van der Waals surface area contributed by atoms with Crippen molar-refractivity contribution < 1.29 is 9.59 Å². The van der Waals surface area contributed by atoms with Crippen molar-refractivity contribution in [2.24, 2.45) is 0 Å². The Morgan fingerprint density at radius 1 is 1.05 bits per heavy atom. The maximum atomic E-state index is 13.0. The van der Waals surface area contributed by atoms with Gasteiger partial charge in [0, 0.05) is 47.8 Å². The van der Waals surface area contributed by atoms with Crippen LogP contribution in [-0.4, -0.2) is 42.5 Å². The number of rotatable bonds is 7. The second-order valence-electron chi connectivity index (χ2n) is 8.56. The smallest absolute Gasteiger partial charge is 0.255 e. The Balaban J connectivity index is 1.41. The highest BCUT2D eigenvalue weighted by molar-refractivity contribution is 6.05. The molecule has 0 aliphatic rings. The zero-order chi connectivity index (χ0) is 25.9. The van der Waals surface area contributed by atoms with Gasteiger partial charge in [-0.15, -0.1) is 0 Å². The van der Waals surface area contributed by atoms with E-state index in [0.717, 1.165) is 22.5 Å². The summed E-state index contributed by atoms with van der Waals surface area (Å²) in [6, 6.07) is 12.9. The van der Waals surface area contributed by atoms with Gasteiger partial charge in [-0.3, -0.25) is 9.59 Å². The number of aromatic nitrogens is 5. The molecule has 0 saturated carbocycles. The summed E-state index contributed by atoms with van der Waals surface area (Å²) < 4.78 is 3.48. The van der Waals surface area contributed by atoms with Gasteiger partial charge in [-0.2, -0.15) is 5.10 Å². The summed E-state index contributed by atoms with van der Waals surface area (Å²) in [5, 5.41) is 13.4. The van der Waals surface area contributed by atoms with Crippen LogP contribution in [0.25, 0.3) is 11.2 Å². The van der Waals surface area contributed by atoms with Gasteiger partial charge in [0.15, 0.2) is 5.82 Å². The molecule has 3 heterocycles. The Hall–Kier alpha value is -4.99. The molecule has 0 atom stereocenters. The minimum atomic E-state index is -0.227. The molecule has 0 spiro atoms. The molecule has 0 saturated heterocycles. The zero-order valence-electron chi connectivity index (χ0n) is 20.7. The number of carbonyl (C=O) groups is 2. The van der Waals surface area contributed by atoms with E-state index in [0.29, 0.717) is 34.7 Å². The molecule has 5 rings (SSSR count). The van der Waals surface area contributed by atoms with Crippen LogP contribution in [0.15, 0.2) is 73.7 Å². The first-order chi connectivity index (χ1) is 17.9. The predicted octanol–water partition coefficient (Wildman–Crippen LogP) is 4.28. The number of imidazole rings is 1. The summed E-state index contributed by atoms with van der Waals surface area (Å²) in [7, 11) is 0. The monoisotopic (exact) mass is 494 g/mol. The molecule has 10 nitrogen and oxygen atoms in total. The number of nitrogens with one attached hydrogen (secondary N) is 3. The van der Waals surface area contributed by atoms with Gasteiger partial charge in [0.05, 0.1) is 11.9 Å². The van der Waals surface area contributed by atoms with E-state index in [1.165, 1.54) is 6.33 Å². The summed E-state index contributed by atoms with van der Waals surface area (Å²) in [6.07, 6.45) is 8.33. The number of benzene rings is 2. The van der Waals surface area contributed by atoms with E-state index < -0.39 is 0 Å². The Kier molecular flexibility index (Phi) is 6.38. The summed E-state index contributed by atoms with van der Waals surface area (Å²) in [5.74, 6) is 0.173. The second-order valence-corrected chi connectivity index (χ2v) is 8.56. The van der Waals surface area contributed by atoms with Gasteiger partial charge in [0.25, 0.3) is 11.8 Å². The number of hydrogen-bond donors (Lipinski definition) is 3. The first kappa shape index (κ1) is 23.7. The van der Waals surface area contributed by atoms with Crippen molar-refractivity contribution in [3.05, 3.63) is 96.0 Å². The summed E-state index contributed by atoms with van der Waals surface area (Å²) in [6.45, 7) is 6.25. The van der Waals surface area contributed by atoms with Gasteiger partial charge in [-0.05, 0) is 62.2 Å². The number of aryl methyl sites for hydroxylation is 2. The van der Waals surface area contributed by atoms with Gasteiger partial charge < -0.3 is 20.5 Å². The third kappa shape index (κ3) is 4.76. The Morgan fingerprint density at radius 3 is 2.70 bits per heavy atom. The maximum absolute atomic E-state index is 13.0. The number of anilines is 3. The van der Waals surface area contributed by atoms with Crippen LogP contribution in [0.3, 0.4) is 0 Å². The fourth-order valence-corrected chi connectivity index (χ4v) is 4.12. The first-order valence-corrected chi connectivity index (χ1v) is 11.8. The van der Waals surface area contributed by atoms with Crippen LogP contribution in [0.5, 0.6) is 0 Å². The van der Waals surface area contributed by atoms with E-state index in [1.807, 2.05) is 67.9 Å². The van der Waals surface area contributed by atoms with Crippen LogP contribution in [0.2, 0.25) is 0 Å². The van der Waals surface area contributed by atoms with E-state index in [4.69, 9.17) is 0 Å². The highest BCUT2D eigenvalue weighted by Crippen LogP contribution is 2.28. The third-order valence-corrected chi connectivity index (χ3v) is 6.07. The van der Waals surface area contributed by atoms with Crippen molar-refractivity contribution in [1.29, 1.82) is 0 Å². The van der Waals surface area contributed by atoms with Crippen LogP contribution in [0.4, 0.5) is 17.2 Å². The number of nitrogens with zero attached hydrogens (tertiary/aromatic N) is 5. The Bertz CT molecular complexity index is 1600. The molecular weight excluding hydrogens is 468 g/mol. The highest BCUT2D eigenvalue weighted by Gasteiger charge is 2.18. The van der Waals surface area contributed by atoms with Crippen LogP contribution >= 0.6 is 0 Å². The van der Waals surface area contributed by atoms with Crippen LogP contribution in [0, 0.1) is 13.8 Å². The Labute approximate surface area is 213 Å². The van der Waals surface area contributed by atoms with Gasteiger partial charge in [-0.1, -0.05) is 12.1 Å². The maximum Gasteiger partial charge on any atom is 0.255 e. The first-order valence-electron chi connectivity index (χ1n) is 11.8. The SMILES string of the molecule is CCNC(=O)c1cn2ncnc(Nc3cc(NC(=O)c4cccc(-n5ccnc5)c4)ccc3C)c2c1C. The molecule has 186 valence electrons. The number of fused-ring (bicyclic) bond motifs is 1. The normalized spacial score (nSPS) is 10.9. The lowest BCUT2D eigenvalue weighted by atomic mass is 10.1. The molecule has 0 aliphatic heterocycles. The quantitative estimate of drug-likeness (QED) is 0.311. The second kappa shape index (κ2) is 9.94. The lowest BCUT2D eigenvalue weighted by molar-refractivity contribution is 0.0954. The van der Waals surface area contributed by atoms with Crippen LogP contribution in [-0.2, 0) is 0 Å². The number of hydrogen-bond acceptors (Lipinski definition) is 6. The molecule has 3 N–H and O–H groups in total. The average Bonchev–Trinajstić information content (AvgIpc) is 3.55. The molecule has 2 aromatic carbocycles. The Morgan fingerprint density at radius 2 is 1.92 bits per heavy atom. The zero-order valence-corrected chi connectivity index (χ0v) is 20.7. The molecule has 0 unspecified atom stereocenters. The van der Waals surface area contributed by atoms with E-state index in [1.54, 1.807) is 29.3 Å². The van der Waals surface area contributed by atoms with E-state index >= 15 is 0 Å². The molecule has 0 bridgehead atoms. The van der Waals surface area contributed by atoms with Crippen LogP contribution < -0.4 is 16.0 Å². The fraction of sp³-hybridized carbons (Fsp3) is 0.148. The van der Waals surface area contributed by atoms with Gasteiger partial charge in [0.2, 0.25) is 0 Å². The lowest BCUT2D eigenvalue weighted by Gasteiger charge is -2.13. The molecule has 3 aromatic heterocycles. The standard InChI is InChI=1S/C27H26N8O2/c1-4-29-27(37)22-14-35-24(18(22)3)25(30-15-31-35)33-23-13-20(9-8-17(23)2)32-26(36)19-6-5-7-21(12-19)34-11-10-28-16-34/h5-16H,4H2,1-3H3,(H,29,37)(H,32,36)(H,30,31,33). The van der Waals surface area contributed by atoms with Crippen molar-refractivity contribution in [3.63, 3.8) is 0 Å². The van der Waals surface area contributed by atoms with Crippen LogP contribution in [0.1, 0.15) is 38.8 Å². The average molecular weight is 495 g/mol. The van der Waals surface area contributed by atoms with Gasteiger partial charge in [0.1, 0.15) is 11.8 Å². The van der Waals surface area contributed by atoms with Crippen molar-refractivity contribution >= 4 is 34.5 Å². The molecule has 0 fully saturated rings. The largest absolute Gasteiger partial charge is 0.352 e. The molecule has 5 aromatic rings. The number of amides is 2. The molecule has 0 aliphatic carbocycles. The van der Waals surface area contributed by atoms with Gasteiger partial charge >= 0.3 is 0 Å². The number of carbonyl (C=O) groups excluding carboxylic acids is 2. The molecule has 0 radical (unpaired) electrons. The molecule has 2 amide bonds. The van der Waals surface area contributed by atoms with Crippen molar-refractivity contribution in [1.82, 2.24) is 29.5 Å². The third-order valence-electron chi connectivity index (χ3n) is 6.07. The molecule has 37 heavy (non-hydrogen) atoms. The summed E-state index contributed by atoms with van der Waals surface area (Å²) in [5.41, 5.74) is 5.75. The fourth-order valence-electron chi connectivity index (χ4n) is 4.12. The van der Waals surface area contributed by atoms with Gasteiger partial charge in [-0.25, -0.2) is 14.5 Å². The highest BCUT2D eigenvalue weighted by atomic mass is 16.2. The van der Waals surface area contributed by atoms with E-state index in [9.17, 15) is 9.59 Å². The van der Waals surface area contributed by atoms with Crippen molar-refractivity contribution in [2.45, 2.75) is 20.8 Å². The minimum Gasteiger partial charge on any atom is -0.352 e. The summed E-state index contributed by atoms with van der Waals surface area (Å²) >= 11 is 0. The summed E-state index contributed by atoms with van der Waals surface area (Å²) in [4.78, 5) is 34.0.